The van der Waals surface area contributed by atoms with E-state index in [2.05, 4.69) is 42.6 Å². The van der Waals surface area contributed by atoms with E-state index in [1.807, 2.05) is 7.11 Å². The van der Waals surface area contributed by atoms with E-state index >= 15 is 0 Å². The van der Waals surface area contributed by atoms with Crippen molar-refractivity contribution < 1.29 is 9.47 Å². The zero-order valence-corrected chi connectivity index (χ0v) is 11.3. The molecule has 1 unspecified atom stereocenters. The first-order valence-corrected chi connectivity index (χ1v) is 6.73. The number of ether oxygens (including phenoxy) is 2. The standard InChI is InChI=1S/C15H23NO2/c1-3-16-14(13-7-5-4-6-8-13)15(17-2)9-11-18-12-10-15/h4-8,14,16H,3,9-12H2,1-2H3. The summed E-state index contributed by atoms with van der Waals surface area (Å²) in [5, 5.41) is 3.58. The molecular weight excluding hydrogens is 226 g/mol. The summed E-state index contributed by atoms with van der Waals surface area (Å²) in [4.78, 5) is 0. The maximum atomic E-state index is 5.91. The lowest BCUT2D eigenvalue weighted by Gasteiger charge is -2.42. The van der Waals surface area contributed by atoms with Crippen LogP contribution in [-0.4, -0.2) is 32.5 Å². The summed E-state index contributed by atoms with van der Waals surface area (Å²) in [5.41, 5.74) is 1.15. The van der Waals surface area contributed by atoms with Gasteiger partial charge in [-0.2, -0.15) is 0 Å². The minimum absolute atomic E-state index is 0.143. The minimum atomic E-state index is -0.143. The van der Waals surface area contributed by atoms with Crippen molar-refractivity contribution in [3.8, 4) is 0 Å². The van der Waals surface area contributed by atoms with Crippen LogP contribution in [0.15, 0.2) is 30.3 Å². The molecule has 1 aromatic rings. The van der Waals surface area contributed by atoms with Crippen LogP contribution in [0.3, 0.4) is 0 Å². The fraction of sp³-hybridized carbons (Fsp3) is 0.600. The molecule has 1 heterocycles. The van der Waals surface area contributed by atoms with Crippen molar-refractivity contribution in [2.75, 3.05) is 26.9 Å². The summed E-state index contributed by atoms with van der Waals surface area (Å²) in [7, 11) is 1.82. The molecule has 0 bridgehead atoms. The molecule has 18 heavy (non-hydrogen) atoms. The number of methoxy groups -OCH3 is 1. The zero-order valence-electron chi connectivity index (χ0n) is 11.3. The molecule has 0 aromatic heterocycles. The minimum Gasteiger partial charge on any atom is -0.381 e. The Morgan fingerprint density at radius 1 is 1.28 bits per heavy atom. The first kappa shape index (κ1) is 13.5. The van der Waals surface area contributed by atoms with Gasteiger partial charge in [-0.3, -0.25) is 0 Å². The predicted octanol–water partition coefficient (Wildman–Crippen LogP) is 2.53. The van der Waals surface area contributed by atoms with E-state index in [9.17, 15) is 0 Å². The Balaban J connectivity index is 2.27. The van der Waals surface area contributed by atoms with Crippen LogP contribution in [0.4, 0.5) is 0 Å². The van der Waals surface area contributed by atoms with Crippen molar-refractivity contribution in [3.05, 3.63) is 35.9 Å². The van der Waals surface area contributed by atoms with Gasteiger partial charge in [0.15, 0.2) is 0 Å². The third-order valence-electron chi connectivity index (χ3n) is 3.81. The SMILES string of the molecule is CCNC(c1ccccc1)C1(OC)CCOCC1. The van der Waals surface area contributed by atoms with Crippen LogP contribution in [0.25, 0.3) is 0 Å². The van der Waals surface area contributed by atoms with Crippen molar-refractivity contribution in [1.29, 1.82) is 0 Å². The van der Waals surface area contributed by atoms with Gasteiger partial charge < -0.3 is 14.8 Å². The molecular formula is C15H23NO2. The number of hydrogen-bond donors (Lipinski definition) is 1. The van der Waals surface area contributed by atoms with Gasteiger partial charge in [-0.25, -0.2) is 0 Å². The van der Waals surface area contributed by atoms with Crippen LogP contribution >= 0.6 is 0 Å². The molecule has 1 saturated heterocycles. The molecule has 1 N–H and O–H groups in total. The smallest absolute Gasteiger partial charge is 0.0916 e. The molecule has 0 saturated carbocycles. The molecule has 1 fully saturated rings. The Bertz CT molecular complexity index is 347. The number of rotatable bonds is 5. The maximum absolute atomic E-state index is 5.91. The first-order valence-electron chi connectivity index (χ1n) is 6.73. The van der Waals surface area contributed by atoms with Crippen LogP contribution in [0.2, 0.25) is 0 Å². The second-order valence-corrected chi connectivity index (χ2v) is 4.78. The fourth-order valence-corrected chi connectivity index (χ4v) is 2.78. The van der Waals surface area contributed by atoms with Gasteiger partial charge in [0.1, 0.15) is 0 Å². The summed E-state index contributed by atoms with van der Waals surface area (Å²) in [5.74, 6) is 0. The quantitative estimate of drug-likeness (QED) is 0.870. The molecule has 3 nitrogen and oxygen atoms in total. The van der Waals surface area contributed by atoms with Crippen molar-refractivity contribution in [2.24, 2.45) is 0 Å². The molecule has 0 radical (unpaired) electrons. The first-order chi connectivity index (χ1) is 8.82. The van der Waals surface area contributed by atoms with Crippen LogP contribution in [0.5, 0.6) is 0 Å². The highest BCUT2D eigenvalue weighted by molar-refractivity contribution is 5.23. The number of likely N-dealkylation sites (N-methyl/N-ethyl adjacent to an activating group) is 1. The largest absolute Gasteiger partial charge is 0.381 e. The summed E-state index contributed by atoms with van der Waals surface area (Å²) in [6.45, 7) is 4.63. The number of benzene rings is 1. The summed E-state index contributed by atoms with van der Waals surface area (Å²) >= 11 is 0. The Kier molecular flexibility index (Phi) is 4.75. The van der Waals surface area contributed by atoms with Crippen LogP contribution in [0.1, 0.15) is 31.4 Å². The Hall–Kier alpha value is -0.900. The van der Waals surface area contributed by atoms with Crippen LogP contribution in [0, 0.1) is 0 Å². The second-order valence-electron chi connectivity index (χ2n) is 4.78. The molecule has 0 spiro atoms. The van der Waals surface area contributed by atoms with Gasteiger partial charge in [-0.15, -0.1) is 0 Å². The van der Waals surface area contributed by atoms with Gasteiger partial charge in [0.2, 0.25) is 0 Å². The van der Waals surface area contributed by atoms with Crippen molar-refractivity contribution in [1.82, 2.24) is 5.32 Å². The van der Waals surface area contributed by atoms with Crippen LogP contribution in [-0.2, 0) is 9.47 Å². The third kappa shape index (κ3) is 2.74. The zero-order chi connectivity index (χ0) is 12.8. The monoisotopic (exact) mass is 249 g/mol. The molecule has 1 aliphatic heterocycles. The normalized spacial score (nSPS) is 20.6. The van der Waals surface area contributed by atoms with E-state index in [1.165, 1.54) is 5.56 Å². The average molecular weight is 249 g/mol. The molecule has 1 aromatic carbocycles. The van der Waals surface area contributed by atoms with E-state index in [0.29, 0.717) is 0 Å². The highest BCUT2D eigenvalue weighted by Crippen LogP contribution is 2.37. The lowest BCUT2D eigenvalue weighted by atomic mass is 9.82. The molecule has 2 rings (SSSR count). The van der Waals surface area contributed by atoms with Gasteiger partial charge in [0, 0.05) is 33.2 Å². The highest BCUT2D eigenvalue weighted by Gasteiger charge is 2.40. The summed E-state index contributed by atoms with van der Waals surface area (Å²) in [6.07, 6.45) is 1.88. The van der Waals surface area contributed by atoms with Gasteiger partial charge in [-0.1, -0.05) is 37.3 Å². The van der Waals surface area contributed by atoms with E-state index in [0.717, 1.165) is 32.6 Å². The third-order valence-corrected chi connectivity index (χ3v) is 3.81. The second kappa shape index (κ2) is 6.32. The van der Waals surface area contributed by atoms with Gasteiger partial charge in [0.25, 0.3) is 0 Å². The molecule has 1 atom stereocenters. The molecule has 0 aliphatic carbocycles. The Morgan fingerprint density at radius 3 is 2.50 bits per heavy atom. The number of hydrogen-bond acceptors (Lipinski definition) is 3. The molecule has 3 heteroatoms. The van der Waals surface area contributed by atoms with Crippen molar-refractivity contribution in [3.63, 3.8) is 0 Å². The summed E-state index contributed by atoms with van der Waals surface area (Å²) in [6, 6.07) is 10.8. The van der Waals surface area contributed by atoms with Gasteiger partial charge in [0.05, 0.1) is 11.6 Å². The molecule has 0 amide bonds. The number of nitrogens with one attached hydrogen (secondary N) is 1. The molecule has 100 valence electrons. The predicted molar refractivity (Wildman–Crippen MR) is 72.7 cm³/mol. The van der Waals surface area contributed by atoms with E-state index in [4.69, 9.17) is 9.47 Å². The topological polar surface area (TPSA) is 30.5 Å². The fourth-order valence-electron chi connectivity index (χ4n) is 2.78. The van der Waals surface area contributed by atoms with Crippen molar-refractivity contribution in [2.45, 2.75) is 31.4 Å². The maximum Gasteiger partial charge on any atom is 0.0916 e. The molecule has 1 aliphatic rings. The Labute approximate surface area is 109 Å². The van der Waals surface area contributed by atoms with E-state index in [-0.39, 0.29) is 11.6 Å². The highest BCUT2D eigenvalue weighted by atomic mass is 16.5. The van der Waals surface area contributed by atoms with Gasteiger partial charge >= 0.3 is 0 Å². The Morgan fingerprint density at radius 2 is 1.94 bits per heavy atom. The average Bonchev–Trinajstić information content (AvgIpc) is 2.46. The summed E-state index contributed by atoms with van der Waals surface area (Å²) < 4.78 is 11.4. The lowest BCUT2D eigenvalue weighted by molar-refractivity contribution is -0.111. The van der Waals surface area contributed by atoms with E-state index in [1.54, 1.807) is 0 Å². The van der Waals surface area contributed by atoms with Crippen LogP contribution < -0.4 is 5.32 Å². The van der Waals surface area contributed by atoms with E-state index < -0.39 is 0 Å². The van der Waals surface area contributed by atoms with Crippen molar-refractivity contribution >= 4 is 0 Å². The lowest BCUT2D eigenvalue weighted by Crippen LogP contribution is -2.49. The van der Waals surface area contributed by atoms with Gasteiger partial charge in [-0.05, 0) is 12.1 Å².